The van der Waals surface area contributed by atoms with Crippen molar-refractivity contribution in [1.29, 1.82) is 0 Å². The Morgan fingerprint density at radius 2 is 1.67 bits per heavy atom. The summed E-state index contributed by atoms with van der Waals surface area (Å²) in [6.07, 6.45) is -2.99. The Hall–Kier alpha value is -2.37. The van der Waals surface area contributed by atoms with Crippen molar-refractivity contribution in [2.24, 2.45) is 0 Å². The number of alkyl halides is 2. The first-order valence-corrected chi connectivity index (χ1v) is 5.98. The zero-order valence-electron chi connectivity index (χ0n) is 10.6. The van der Waals surface area contributed by atoms with Gasteiger partial charge in [0, 0.05) is 6.42 Å². The Morgan fingerprint density at radius 3 is 2.19 bits per heavy atom. The Bertz CT molecular complexity index is 660. The van der Waals surface area contributed by atoms with Crippen molar-refractivity contribution in [1.82, 2.24) is 0 Å². The minimum Gasteiger partial charge on any atom is -0.477 e. The molecule has 0 fully saturated rings. The lowest BCUT2D eigenvalue weighted by atomic mass is 10.00. The van der Waals surface area contributed by atoms with E-state index in [1.807, 2.05) is 0 Å². The number of aromatic carboxylic acids is 1. The Labute approximate surface area is 117 Å². The molecule has 0 saturated carbocycles. The number of carboxylic acids is 1. The molecule has 0 aliphatic heterocycles. The molecule has 2 nitrogen and oxygen atoms in total. The van der Waals surface area contributed by atoms with Crippen LogP contribution in [0.5, 0.6) is 0 Å². The zero-order chi connectivity index (χ0) is 15.6. The smallest absolute Gasteiger partial charge is 0.341 e. The Morgan fingerprint density at radius 1 is 1.05 bits per heavy atom. The molecule has 0 heterocycles. The molecular weight excluding hydrogens is 288 g/mol. The van der Waals surface area contributed by atoms with Gasteiger partial charge in [0.15, 0.2) is 0 Å². The number of hydrogen-bond acceptors (Lipinski definition) is 1. The average Bonchev–Trinajstić information content (AvgIpc) is 2.36. The number of rotatable bonds is 4. The highest BCUT2D eigenvalue weighted by atomic mass is 19.3. The zero-order valence-corrected chi connectivity index (χ0v) is 10.6. The standard InChI is InChI=1S/C15H10F4O2/c16-11-6-10(7-12(17)14(11)15(20)21)9-3-1-2-8(4-9)5-13(18)19/h1-4,6-7,13H,5H2,(H,20,21). The van der Waals surface area contributed by atoms with Crippen molar-refractivity contribution in [2.75, 3.05) is 0 Å². The van der Waals surface area contributed by atoms with Crippen LogP contribution in [0, 0.1) is 11.6 Å². The normalized spacial score (nSPS) is 10.9. The maximum absolute atomic E-state index is 13.6. The second-order valence-corrected chi connectivity index (χ2v) is 4.42. The molecule has 0 spiro atoms. The van der Waals surface area contributed by atoms with Crippen LogP contribution in [0.4, 0.5) is 17.6 Å². The molecule has 2 aromatic rings. The molecule has 0 unspecified atom stereocenters. The minimum atomic E-state index is -2.52. The molecule has 2 rings (SSSR count). The number of carboxylic acid groups (broad SMARTS) is 1. The predicted molar refractivity (Wildman–Crippen MR) is 68.5 cm³/mol. The minimum absolute atomic E-state index is 0.0890. The molecule has 1 N–H and O–H groups in total. The molecule has 0 aliphatic carbocycles. The largest absolute Gasteiger partial charge is 0.477 e. The van der Waals surface area contributed by atoms with Crippen LogP contribution in [0.3, 0.4) is 0 Å². The van der Waals surface area contributed by atoms with Crippen LogP contribution in [0.25, 0.3) is 11.1 Å². The van der Waals surface area contributed by atoms with E-state index in [4.69, 9.17) is 5.11 Å². The van der Waals surface area contributed by atoms with Crippen LogP contribution in [-0.2, 0) is 6.42 Å². The van der Waals surface area contributed by atoms with Gasteiger partial charge in [-0.1, -0.05) is 24.3 Å². The summed E-state index contributed by atoms with van der Waals surface area (Å²) < 4.78 is 51.9. The van der Waals surface area contributed by atoms with Crippen molar-refractivity contribution < 1.29 is 27.5 Å². The third-order valence-electron chi connectivity index (χ3n) is 2.91. The summed E-state index contributed by atoms with van der Waals surface area (Å²) in [5.41, 5.74) is -0.290. The van der Waals surface area contributed by atoms with Gasteiger partial charge in [-0.3, -0.25) is 0 Å². The summed E-state index contributed by atoms with van der Waals surface area (Å²) in [5, 5.41) is 8.69. The second kappa shape index (κ2) is 5.95. The quantitative estimate of drug-likeness (QED) is 0.861. The topological polar surface area (TPSA) is 37.3 Å². The van der Waals surface area contributed by atoms with E-state index < -0.39 is 36.0 Å². The molecule has 0 aliphatic rings. The SMILES string of the molecule is O=C(O)c1c(F)cc(-c2cccc(CC(F)F)c2)cc1F. The van der Waals surface area contributed by atoms with Crippen LogP contribution >= 0.6 is 0 Å². The van der Waals surface area contributed by atoms with E-state index in [-0.39, 0.29) is 5.56 Å². The summed E-state index contributed by atoms with van der Waals surface area (Å²) >= 11 is 0. The van der Waals surface area contributed by atoms with Crippen LogP contribution < -0.4 is 0 Å². The van der Waals surface area contributed by atoms with E-state index >= 15 is 0 Å². The molecule has 0 aromatic heterocycles. The Kier molecular flexibility index (Phi) is 4.26. The molecule has 0 radical (unpaired) electrons. The van der Waals surface area contributed by atoms with Crippen molar-refractivity contribution >= 4 is 5.97 Å². The van der Waals surface area contributed by atoms with Gasteiger partial charge in [-0.05, 0) is 28.8 Å². The fourth-order valence-corrected chi connectivity index (χ4v) is 2.00. The van der Waals surface area contributed by atoms with Crippen LogP contribution in [0.15, 0.2) is 36.4 Å². The third-order valence-corrected chi connectivity index (χ3v) is 2.91. The van der Waals surface area contributed by atoms with E-state index in [2.05, 4.69) is 0 Å². The first-order chi connectivity index (χ1) is 9.88. The van der Waals surface area contributed by atoms with Crippen molar-refractivity contribution in [3.05, 3.63) is 59.2 Å². The van der Waals surface area contributed by atoms with Crippen LogP contribution in [0.1, 0.15) is 15.9 Å². The molecular formula is C15H10F4O2. The van der Waals surface area contributed by atoms with Crippen molar-refractivity contribution in [3.63, 3.8) is 0 Å². The maximum atomic E-state index is 13.6. The van der Waals surface area contributed by atoms with E-state index in [0.29, 0.717) is 11.1 Å². The highest BCUT2D eigenvalue weighted by Gasteiger charge is 2.18. The predicted octanol–water partition coefficient (Wildman–Crippen LogP) is 4.14. The highest BCUT2D eigenvalue weighted by Crippen LogP contribution is 2.26. The molecule has 2 aromatic carbocycles. The lowest BCUT2D eigenvalue weighted by Crippen LogP contribution is -2.05. The van der Waals surface area contributed by atoms with Crippen molar-refractivity contribution in [3.8, 4) is 11.1 Å². The monoisotopic (exact) mass is 298 g/mol. The average molecular weight is 298 g/mol. The molecule has 0 atom stereocenters. The summed E-state index contributed by atoms with van der Waals surface area (Å²) in [6.45, 7) is 0. The molecule has 0 bridgehead atoms. The van der Waals surface area contributed by atoms with Gasteiger partial charge >= 0.3 is 5.97 Å². The van der Waals surface area contributed by atoms with Crippen LogP contribution in [-0.4, -0.2) is 17.5 Å². The van der Waals surface area contributed by atoms with E-state index in [1.165, 1.54) is 24.3 Å². The number of benzene rings is 2. The lowest BCUT2D eigenvalue weighted by Gasteiger charge is -2.08. The van der Waals surface area contributed by atoms with Gasteiger partial charge in [0.2, 0.25) is 6.43 Å². The summed E-state index contributed by atoms with van der Waals surface area (Å²) in [7, 11) is 0. The maximum Gasteiger partial charge on any atom is 0.341 e. The number of halogens is 4. The fraction of sp³-hybridized carbons (Fsp3) is 0.133. The summed E-state index contributed by atoms with van der Waals surface area (Å²) in [4.78, 5) is 10.7. The number of carbonyl (C=O) groups is 1. The fourth-order valence-electron chi connectivity index (χ4n) is 2.00. The van der Waals surface area contributed by atoms with Gasteiger partial charge < -0.3 is 5.11 Å². The van der Waals surface area contributed by atoms with Gasteiger partial charge in [0.1, 0.15) is 17.2 Å². The molecule has 21 heavy (non-hydrogen) atoms. The van der Waals surface area contributed by atoms with Gasteiger partial charge in [0.05, 0.1) is 0 Å². The Balaban J connectivity index is 2.45. The van der Waals surface area contributed by atoms with Gasteiger partial charge in [-0.2, -0.15) is 0 Å². The lowest BCUT2D eigenvalue weighted by molar-refractivity contribution is 0.0686. The van der Waals surface area contributed by atoms with Gasteiger partial charge in [-0.15, -0.1) is 0 Å². The van der Waals surface area contributed by atoms with E-state index in [0.717, 1.165) is 12.1 Å². The molecule has 110 valence electrons. The van der Waals surface area contributed by atoms with Crippen LogP contribution in [0.2, 0.25) is 0 Å². The summed E-state index contributed by atoms with van der Waals surface area (Å²) in [5.74, 6) is -4.13. The first kappa shape index (κ1) is 15.0. The summed E-state index contributed by atoms with van der Waals surface area (Å²) in [6, 6.07) is 7.61. The second-order valence-electron chi connectivity index (χ2n) is 4.42. The van der Waals surface area contributed by atoms with Crippen molar-refractivity contribution in [2.45, 2.75) is 12.8 Å². The highest BCUT2D eigenvalue weighted by molar-refractivity contribution is 5.89. The van der Waals surface area contributed by atoms with Gasteiger partial charge in [0.25, 0.3) is 0 Å². The third kappa shape index (κ3) is 3.39. The van der Waals surface area contributed by atoms with E-state index in [1.54, 1.807) is 0 Å². The van der Waals surface area contributed by atoms with E-state index in [9.17, 15) is 22.4 Å². The van der Waals surface area contributed by atoms with Gasteiger partial charge in [-0.25, -0.2) is 22.4 Å². The number of hydrogen-bond donors (Lipinski definition) is 1. The molecule has 6 heteroatoms. The first-order valence-electron chi connectivity index (χ1n) is 5.98. The molecule has 0 amide bonds. The molecule has 0 saturated heterocycles.